The van der Waals surface area contributed by atoms with Crippen LogP contribution in [0.1, 0.15) is 36.1 Å². The van der Waals surface area contributed by atoms with Gasteiger partial charge in [0.25, 0.3) is 0 Å². The third-order valence-electron chi connectivity index (χ3n) is 5.36. The van der Waals surface area contributed by atoms with Crippen LogP contribution in [0.3, 0.4) is 0 Å². The largest absolute Gasteiger partial charge is 0.361 e. The molecular formula is C22H27N3OS. The van der Waals surface area contributed by atoms with Gasteiger partial charge in [-0.2, -0.15) is 0 Å². The fraction of sp³-hybridized carbons (Fsp3) is 0.409. The Kier molecular flexibility index (Phi) is 5.90. The number of amides is 1. The lowest BCUT2D eigenvalue weighted by Crippen LogP contribution is -2.47. The Bertz CT molecular complexity index is 871. The molecule has 0 radical (unpaired) electrons. The molecule has 1 atom stereocenters. The summed E-state index contributed by atoms with van der Waals surface area (Å²) in [6.45, 7) is 3.10. The Morgan fingerprint density at radius 1 is 1.26 bits per heavy atom. The maximum absolute atomic E-state index is 12.4. The fourth-order valence-electron chi connectivity index (χ4n) is 4.02. The van der Waals surface area contributed by atoms with Gasteiger partial charge in [-0.05, 0) is 55.3 Å². The number of aromatic amines is 1. The molecule has 0 spiro atoms. The first-order chi connectivity index (χ1) is 13.3. The summed E-state index contributed by atoms with van der Waals surface area (Å²) in [5.74, 6) is 0.192. The number of fused-ring (bicyclic) bond motifs is 1. The van der Waals surface area contributed by atoms with Gasteiger partial charge < -0.3 is 10.3 Å². The molecule has 27 heavy (non-hydrogen) atoms. The number of benzene rings is 1. The van der Waals surface area contributed by atoms with Crippen LogP contribution in [-0.2, 0) is 17.8 Å². The third kappa shape index (κ3) is 4.79. The van der Waals surface area contributed by atoms with Crippen molar-refractivity contribution < 1.29 is 4.79 Å². The Balaban J connectivity index is 1.22. The van der Waals surface area contributed by atoms with Gasteiger partial charge in [0.2, 0.25) is 5.91 Å². The minimum Gasteiger partial charge on any atom is -0.361 e. The highest BCUT2D eigenvalue weighted by molar-refractivity contribution is 7.09. The summed E-state index contributed by atoms with van der Waals surface area (Å²) in [5.41, 5.74) is 2.48. The van der Waals surface area contributed by atoms with Crippen LogP contribution in [0.2, 0.25) is 0 Å². The second kappa shape index (κ2) is 8.72. The number of rotatable bonds is 7. The minimum absolute atomic E-state index is 0.192. The van der Waals surface area contributed by atoms with Crippen molar-refractivity contribution in [3.8, 4) is 0 Å². The van der Waals surface area contributed by atoms with Crippen LogP contribution in [-0.4, -0.2) is 34.9 Å². The van der Waals surface area contributed by atoms with Crippen LogP contribution in [0.15, 0.2) is 48.0 Å². The van der Waals surface area contributed by atoms with Crippen molar-refractivity contribution in [3.63, 3.8) is 0 Å². The van der Waals surface area contributed by atoms with Gasteiger partial charge in [0.1, 0.15) is 0 Å². The molecule has 1 aliphatic rings. The quantitative estimate of drug-likeness (QED) is 0.640. The van der Waals surface area contributed by atoms with Gasteiger partial charge in [0.05, 0.1) is 0 Å². The number of H-pyrrole nitrogens is 1. The first-order valence-corrected chi connectivity index (χ1v) is 10.7. The number of piperidine rings is 1. The highest BCUT2D eigenvalue weighted by Gasteiger charge is 2.21. The van der Waals surface area contributed by atoms with Gasteiger partial charge in [-0.3, -0.25) is 9.69 Å². The maximum Gasteiger partial charge on any atom is 0.220 e. The Hall–Kier alpha value is -2.11. The molecule has 1 aromatic carbocycles. The van der Waals surface area contributed by atoms with Crippen LogP contribution in [0.5, 0.6) is 0 Å². The lowest BCUT2D eigenvalue weighted by Gasteiger charge is -2.32. The number of carbonyl (C=O) groups is 1. The molecule has 1 fully saturated rings. The number of carbonyl (C=O) groups excluding carboxylic acids is 1. The number of nitrogens with one attached hydrogen (secondary N) is 2. The Morgan fingerprint density at radius 3 is 3.07 bits per heavy atom. The smallest absolute Gasteiger partial charge is 0.220 e. The van der Waals surface area contributed by atoms with E-state index in [4.69, 9.17) is 0 Å². The van der Waals surface area contributed by atoms with E-state index in [1.54, 1.807) is 0 Å². The van der Waals surface area contributed by atoms with Gasteiger partial charge in [-0.25, -0.2) is 0 Å². The van der Waals surface area contributed by atoms with E-state index in [-0.39, 0.29) is 5.91 Å². The molecule has 4 nitrogen and oxygen atoms in total. The number of aryl methyl sites for hydroxylation is 1. The number of thiophene rings is 1. The monoisotopic (exact) mass is 381 g/mol. The number of hydrogen-bond donors (Lipinski definition) is 2. The van der Waals surface area contributed by atoms with E-state index in [2.05, 4.69) is 57.1 Å². The summed E-state index contributed by atoms with van der Waals surface area (Å²) >= 11 is 1.81. The molecule has 142 valence electrons. The third-order valence-corrected chi connectivity index (χ3v) is 6.22. The van der Waals surface area contributed by atoms with Gasteiger partial charge in [0.15, 0.2) is 0 Å². The molecule has 3 heterocycles. The normalized spacial score (nSPS) is 18.0. The predicted molar refractivity (Wildman–Crippen MR) is 112 cm³/mol. The van der Waals surface area contributed by atoms with Gasteiger partial charge >= 0.3 is 0 Å². The summed E-state index contributed by atoms with van der Waals surface area (Å²) in [5, 5.41) is 6.66. The number of hydrogen-bond acceptors (Lipinski definition) is 3. The standard InChI is InChI=1S/C22H27N3OS/c26-22(11-3-6-17-14-23-21-10-2-1-9-20(17)21)24-18-7-4-12-25(15-18)16-19-8-5-13-27-19/h1-2,5,8-10,13-14,18,23H,3-4,6-7,11-12,15-16H2,(H,24,26). The second-order valence-corrected chi connectivity index (χ2v) is 8.47. The van der Waals surface area contributed by atoms with Gasteiger partial charge in [-0.1, -0.05) is 24.3 Å². The Labute approximate surface area is 164 Å². The number of para-hydroxylation sites is 1. The van der Waals surface area contributed by atoms with Crippen LogP contribution in [0, 0.1) is 0 Å². The molecule has 1 aliphatic heterocycles. The van der Waals surface area contributed by atoms with E-state index in [0.717, 1.165) is 45.3 Å². The molecule has 1 amide bonds. The highest BCUT2D eigenvalue weighted by Crippen LogP contribution is 2.20. The molecule has 1 unspecified atom stereocenters. The lowest BCUT2D eigenvalue weighted by molar-refractivity contribution is -0.122. The molecule has 2 N–H and O–H groups in total. The van der Waals surface area contributed by atoms with Crippen LogP contribution >= 0.6 is 11.3 Å². The predicted octanol–water partition coefficient (Wildman–Crippen LogP) is 4.33. The van der Waals surface area contributed by atoms with Crippen molar-refractivity contribution in [1.82, 2.24) is 15.2 Å². The summed E-state index contributed by atoms with van der Waals surface area (Å²) in [7, 11) is 0. The summed E-state index contributed by atoms with van der Waals surface area (Å²) in [6.07, 6.45) is 6.75. The van der Waals surface area contributed by atoms with E-state index < -0.39 is 0 Å². The summed E-state index contributed by atoms with van der Waals surface area (Å²) < 4.78 is 0. The average molecular weight is 382 g/mol. The lowest BCUT2D eigenvalue weighted by atomic mass is 10.0. The zero-order valence-corrected chi connectivity index (χ0v) is 16.4. The molecule has 0 saturated carbocycles. The van der Waals surface area contributed by atoms with E-state index >= 15 is 0 Å². The molecule has 0 bridgehead atoms. The van der Waals surface area contributed by atoms with Crippen LogP contribution in [0.4, 0.5) is 0 Å². The van der Waals surface area contributed by atoms with Gasteiger partial charge in [0, 0.05) is 47.5 Å². The molecule has 5 heteroatoms. The molecular weight excluding hydrogens is 354 g/mol. The summed E-state index contributed by atoms with van der Waals surface area (Å²) in [6, 6.07) is 12.9. The maximum atomic E-state index is 12.4. The van der Waals surface area contributed by atoms with Crippen LogP contribution < -0.4 is 5.32 Å². The minimum atomic E-state index is 0.192. The first kappa shape index (κ1) is 18.3. The molecule has 0 aliphatic carbocycles. The van der Waals surface area contributed by atoms with E-state index in [0.29, 0.717) is 12.5 Å². The number of aromatic nitrogens is 1. The van der Waals surface area contributed by atoms with Crippen LogP contribution in [0.25, 0.3) is 10.9 Å². The number of likely N-dealkylation sites (tertiary alicyclic amines) is 1. The fourth-order valence-corrected chi connectivity index (χ4v) is 4.76. The van der Waals surface area contributed by atoms with Crippen molar-refractivity contribution in [2.24, 2.45) is 0 Å². The van der Waals surface area contributed by atoms with E-state index in [1.165, 1.54) is 21.3 Å². The van der Waals surface area contributed by atoms with Crippen molar-refractivity contribution in [1.29, 1.82) is 0 Å². The van der Waals surface area contributed by atoms with Crippen molar-refractivity contribution >= 4 is 28.1 Å². The zero-order valence-electron chi connectivity index (χ0n) is 15.6. The summed E-state index contributed by atoms with van der Waals surface area (Å²) in [4.78, 5) is 19.6. The highest BCUT2D eigenvalue weighted by atomic mass is 32.1. The zero-order chi connectivity index (χ0) is 18.5. The van der Waals surface area contributed by atoms with Crippen molar-refractivity contribution in [3.05, 3.63) is 58.4 Å². The first-order valence-electron chi connectivity index (χ1n) is 9.87. The Morgan fingerprint density at radius 2 is 2.19 bits per heavy atom. The van der Waals surface area contributed by atoms with Crippen molar-refractivity contribution in [2.75, 3.05) is 13.1 Å². The van der Waals surface area contributed by atoms with E-state index in [9.17, 15) is 4.79 Å². The molecule has 1 saturated heterocycles. The second-order valence-electron chi connectivity index (χ2n) is 7.43. The number of nitrogens with zero attached hydrogens (tertiary/aromatic N) is 1. The SMILES string of the molecule is O=C(CCCc1c[nH]c2ccccc12)NC1CCCN(Cc2cccs2)C1. The molecule has 2 aromatic heterocycles. The molecule has 3 aromatic rings. The van der Waals surface area contributed by atoms with Gasteiger partial charge in [-0.15, -0.1) is 11.3 Å². The topological polar surface area (TPSA) is 48.1 Å². The average Bonchev–Trinajstić information content (AvgIpc) is 3.32. The molecule has 4 rings (SSSR count). The van der Waals surface area contributed by atoms with E-state index in [1.807, 2.05) is 17.4 Å². The van der Waals surface area contributed by atoms with Crippen molar-refractivity contribution in [2.45, 2.75) is 44.7 Å².